The number of carbonyl (C=O) groups is 1. The summed E-state index contributed by atoms with van der Waals surface area (Å²) in [4.78, 5) is 12.1. The van der Waals surface area contributed by atoms with E-state index in [4.69, 9.17) is 4.74 Å². The predicted molar refractivity (Wildman–Crippen MR) is 75.5 cm³/mol. The zero-order chi connectivity index (χ0) is 13.8. The van der Waals surface area contributed by atoms with Crippen LogP contribution >= 0.6 is 0 Å². The summed E-state index contributed by atoms with van der Waals surface area (Å²) >= 11 is 0. The smallest absolute Gasteiger partial charge is 0.184 e. The zero-order valence-corrected chi connectivity index (χ0v) is 12.0. The van der Waals surface area contributed by atoms with Crippen LogP contribution in [0.3, 0.4) is 0 Å². The van der Waals surface area contributed by atoms with Gasteiger partial charge in [-0.3, -0.25) is 4.79 Å². The van der Waals surface area contributed by atoms with Gasteiger partial charge in [-0.25, -0.2) is 0 Å². The molecule has 1 atom stereocenters. The second-order valence-electron chi connectivity index (χ2n) is 5.22. The monoisotopic (exact) mass is 248 g/mol. The van der Waals surface area contributed by atoms with Gasteiger partial charge >= 0.3 is 0 Å². The molecule has 0 saturated carbocycles. The molecule has 0 N–H and O–H groups in total. The number of hydrogen-bond acceptors (Lipinski definition) is 2. The van der Waals surface area contributed by atoms with Gasteiger partial charge in [-0.2, -0.15) is 0 Å². The number of allylic oxidation sites excluding steroid dienone is 3. The minimum absolute atomic E-state index is 0.0895. The normalized spacial score (nSPS) is 25.7. The highest BCUT2D eigenvalue weighted by Crippen LogP contribution is 2.35. The van der Waals surface area contributed by atoms with Crippen molar-refractivity contribution in [2.24, 2.45) is 0 Å². The highest BCUT2D eigenvalue weighted by atomic mass is 16.5. The van der Waals surface area contributed by atoms with Gasteiger partial charge in [0.05, 0.1) is 0 Å². The summed E-state index contributed by atoms with van der Waals surface area (Å²) in [6.07, 6.45) is 7.45. The van der Waals surface area contributed by atoms with E-state index in [2.05, 4.69) is 13.5 Å². The van der Waals surface area contributed by atoms with Crippen LogP contribution in [0.4, 0.5) is 0 Å². The van der Waals surface area contributed by atoms with Crippen molar-refractivity contribution in [1.82, 2.24) is 0 Å². The van der Waals surface area contributed by atoms with Crippen molar-refractivity contribution in [2.75, 3.05) is 7.11 Å². The van der Waals surface area contributed by atoms with Crippen molar-refractivity contribution in [3.8, 4) is 0 Å². The number of carbonyl (C=O) groups excluding carboxylic acids is 1. The lowest BCUT2D eigenvalue weighted by Gasteiger charge is -2.25. The molecule has 18 heavy (non-hydrogen) atoms. The fourth-order valence-electron chi connectivity index (χ4n) is 2.40. The second-order valence-corrected chi connectivity index (χ2v) is 5.22. The van der Waals surface area contributed by atoms with Gasteiger partial charge in [-0.1, -0.05) is 31.1 Å². The van der Waals surface area contributed by atoms with Crippen molar-refractivity contribution in [2.45, 2.75) is 52.1 Å². The molecule has 0 aromatic carbocycles. The molecule has 2 heteroatoms. The highest BCUT2D eigenvalue weighted by Gasteiger charge is 2.36. The Labute approximate surface area is 110 Å². The Balaban J connectivity index is 3.15. The summed E-state index contributed by atoms with van der Waals surface area (Å²) in [6.45, 7) is 10.1. The van der Waals surface area contributed by atoms with Crippen LogP contribution < -0.4 is 0 Å². The SMILES string of the molecule is C=C(C)C/C(CCCC)=C1\C(=O)C=CC1(C)OC. The van der Waals surface area contributed by atoms with E-state index in [1.54, 1.807) is 13.2 Å². The number of unbranched alkanes of at least 4 members (excludes halogenated alkanes) is 1. The molecule has 0 saturated heterocycles. The summed E-state index contributed by atoms with van der Waals surface area (Å²) in [6, 6.07) is 0. The molecular weight excluding hydrogens is 224 g/mol. The van der Waals surface area contributed by atoms with E-state index < -0.39 is 5.60 Å². The van der Waals surface area contributed by atoms with Crippen LogP contribution in [-0.4, -0.2) is 18.5 Å². The molecule has 0 aromatic heterocycles. The molecular formula is C16H24O2. The maximum absolute atomic E-state index is 12.1. The van der Waals surface area contributed by atoms with Gasteiger partial charge in [0.1, 0.15) is 5.60 Å². The van der Waals surface area contributed by atoms with Crippen LogP contribution in [0.2, 0.25) is 0 Å². The predicted octanol–water partition coefficient (Wildman–Crippen LogP) is 3.98. The van der Waals surface area contributed by atoms with Gasteiger partial charge in [0, 0.05) is 12.7 Å². The lowest BCUT2D eigenvalue weighted by atomic mass is 9.88. The third-order valence-electron chi connectivity index (χ3n) is 3.42. The van der Waals surface area contributed by atoms with E-state index >= 15 is 0 Å². The van der Waals surface area contributed by atoms with Crippen LogP contribution in [0, 0.1) is 0 Å². The molecule has 1 aliphatic carbocycles. The van der Waals surface area contributed by atoms with Gasteiger partial charge < -0.3 is 4.74 Å². The number of rotatable bonds is 6. The number of ketones is 1. The number of hydrogen-bond donors (Lipinski definition) is 0. The molecule has 0 heterocycles. The number of methoxy groups -OCH3 is 1. The standard InChI is InChI=1S/C16H24O2/c1-6-7-8-13(11-12(2)3)15-14(17)9-10-16(15,4)18-5/h9-10H,2,6-8,11H2,1,3-5H3/b15-13+. The average Bonchev–Trinajstić information content (AvgIpc) is 2.61. The van der Waals surface area contributed by atoms with Gasteiger partial charge in [0.2, 0.25) is 0 Å². The lowest BCUT2D eigenvalue weighted by Crippen LogP contribution is -2.28. The Bertz CT molecular complexity index is 401. The molecule has 0 aliphatic heterocycles. The molecule has 0 fully saturated rings. The average molecular weight is 248 g/mol. The second kappa shape index (κ2) is 6.14. The van der Waals surface area contributed by atoms with Crippen LogP contribution in [0.15, 0.2) is 35.5 Å². The summed E-state index contributed by atoms with van der Waals surface area (Å²) < 4.78 is 5.53. The molecule has 0 spiro atoms. The number of ether oxygens (including phenoxy) is 1. The molecule has 1 aliphatic rings. The molecule has 0 radical (unpaired) electrons. The van der Waals surface area contributed by atoms with E-state index in [0.717, 1.165) is 36.8 Å². The van der Waals surface area contributed by atoms with Gasteiger partial charge in [-0.05, 0) is 45.3 Å². The van der Waals surface area contributed by atoms with Crippen molar-refractivity contribution in [3.05, 3.63) is 35.5 Å². The zero-order valence-electron chi connectivity index (χ0n) is 12.0. The molecule has 100 valence electrons. The Morgan fingerprint density at radius 1 is 1.50 bits per heavy atom. The first-order chi connectivity index (χ1) is 8.44. The summed E-state index contributed by atoms with van der Waals surface area (Å²) in [5.74, 6) is 0.0895. The first-order valence-corrected chi connectivity index (χ1v) is 6.60. The van der Waals surface area contributed by atoms with Gasteiger partial charge in [0.15, 0.2) is 5.78 Å². The Morgan fingerprint density at radius 3 is 2.67 bits per heavy atom. The minimum Gasteiger partial charge on any atom is -0.370 e. The van der Waals surface area contributed by atoms with Crippen molar-refractivity contribution in [3.63, 3.8) is 0 Å². The third kappa shape index (κ3) is 3.20. The molecule has 0 amide bonds. The summed E-state index contributed by atoms with van der Waals surface area (Å²) in [7, 11) is 1.65. The van der Waals surface area contributed by atoms with Crippen molar-refractivity contribution in [1.29, 1.82) is 0 Å². The van der Waals surface area contributed by atoms with Crippen LogP contribution in [-0.2, 0) is 9.53 Å². The van der Waals surface area contributed by atoms with E-state index in [1.807, 2.05) is 19.9 Å². The van der Waals surface area contributed by atoms with E-state index in [9.17, 15) is 4.79 Å². The van der Waals surface area contributed by atoms with E-state index in [0.29, 0.717) is 0 Å². The fourth-order valence-corrected chi connectivity index (χ4v) is 2.40. The quantitative estimate of drug-likeness (QED) is 0.525. The topological polar surface area (TPSA) is 26.3 Å². The lowest BCUT2D eigenvalue weighted by molar-refractivity contribution is -0.112. The molecule has 1 unspecified atom stereocenters. The summed E-state index contributed by atoms with van der Waals surface area (Å²) in [5.41, 5.74) is 2.53. The minimum atomic E-state index is -0.560. The van der Waals surface area contributed by atoms with Gasteiger partial charge in [-0.15, -0.1) is 0 Å². The third-order valence-corrected chi connectivity index (χ3v) is 3.42. The van der Waals surface area contributed by atoms with Gasteiger partial charge in [0.25, 0.3) is 0 Å². The largest absolute Gasteiger partial charge is 0.370 e. The molecule has 2 nitrogen and oxygen atoms in total. The van der Waals surface area contributed by atoms with Crippen molar-refractivity contribution >= 4 is 5.78 Å². The van der Waals surface area contributed by atoms with Crippen LogP contribution in [0.25, 0.3) is 0 Å². The van der Waals surface area contributed by atoms with Crippen LogP contribution in [0.5, 0.6) is 0 Å². The van der Waals surface area contributed by atoms with Crippen LogP contribution in [0.1, 0.15) is 46.5 Å². The van der Waals surface area contributed by atoms with Crippen molar-refractivity contribution < 1.29 is 9.53 Å². The Morgan fingerprint density at radius 2 is 2.17 bits per heavy atom. The summed E-state index contributed by atoms with van der Waals surface area (Å²) in [5, 5.41) is 0. The molecule has 1 rings (SSSR count). The Kier molecular flexibility index (Phi) is 5.09. The maximum atomic E-state index is 12.1. The first-order valence-electron chi connectivity index (χ1n) is 6.60. The van der Waals surface area contributed by atoms with E-state index in [-0.39, 0.29) is 5.78 Å². The maximum Gasteiger partial charge on any atom is 0.184 e. The van der Waals surface area contributed by atoms with E-state index in [1.165, 1.54) is 5.57 Å². The highest BCUT2D eigenvalue weighted by molar-refractivity contribution is 6.09. The Hall–Kier alpha value is -1.15. The molecule has 0 aromatic rings. The fraction of sp³-hybridized carbons (Fsp3) is 0.562. The molecule has 0 bridgehead atoms. The first kappa shape index (κ1) is 14.9.